The zero-order valence-corrected chi connectivity index (χ0v) is 19.9. The van der Waals surface area contributed by atoms with E-state index in [1.807, 2.05) is 36.5 Å². The average Bonchev–Trinajstić information content (AvgIpc) is 3.55. The van der Waals surface area contributed by atoms with Crippen LogP contribution in [0.3, 0.4) is 0 Å². The number of pyridine rings is 1. The highest BCUT2D eigenvalue weighted by molar-refractivity contribution is 6.32. The Morgan fingerprint density at radius 1 is 1.18 bits per heavy atom. The van der Waals surface area contributed by atoms with Gasteiger partial charge in [-0.1, -0.05) is 11.6 Å². The van der Waals surface area contributed by atoms with E-state index in [1.165, 1.54) is 6.07 Å². The maximum atomic E-state index is 13.7. The van der Waals surface area contributed by atoms with Gasteiger partial charge in [-0.15, -0.1) is 0 Å². The minimum absolute atomic E-state index is 0.0170. The SMILES string of the molecule is COc1cc(CN2Cc3c(C)c(-n4ccc5cc(F)ccc54)cc(Cl)c3OCC23CC3)ccn1. The van der Waals surface area contributed by atoms with E-state index in [1.54, 1.807) is 19.4 Å². The maximum Gasteiger partial charge on any atom is 0.213 e. The van der Waals surface area contributed by atoms with Crippen LogP contribution in [0.4, 0.5) is 4.39 Å². The van der Waals surface area contributed by atoms with E-state index >= 15 is 0 Å². The Hall–Kier alpha value is -3.09. The molecule has 0 saturated heterocycles. The Morgan fingerprint density at radius 3 is 2.82 bits per heavy atom. The highest BCUT2D eigenvalue weighted by Gasteiger charge is 2.50. The number of fused-ring (bicyclic) bond motifs is 2. The molecule has 174 valence electrons. The number of nitrogens with zero attached hydrogens (tertiary/aromatic N) is 3. The van der Waals surface area contributed by atoms with E-state index in [4.69, 9.17) is 21.1 Å². The van der Waals surface area contributed by atoms with Crippen LogP contribution in [0.5, 0.6) is 11.6 Å². The molecule has 1 aliphatic heterocycles. The van der Waals surface area contributed by atoms with Crippen LogP contribution in [0.25, 0.3) is 16.6 Å². The summed E-state index contributed by atoms with van der Waals surface area (Å²) in [6, 6.07) is 12.8. The van der Waals surface area contributed by atoms with Crippen molar-refractivity contribution in [1.82, 2.24) is 14.5 Å². The van der Waals surface area contributed by atoms with E-state index in [9.17, 15) is 4.39 Å². The van der Waals surface area contributed by atoms with E-state index in [2.05, 4.69) is 21.4 Å². The lowest BCUT2D eigenvalue weighted by Gasteiger charge is -2.29. The number of rotatable bonds is 4. The van der Waals surface area contributed by atoms with Gasteiger partial charge in [-0.05, 0) is 67.3 Å². The van der Waals surface area contributed by atoms with Gasteiger partial charge in [-0.3, -0.25) is 4.90 Å². The molecule has 1 fully saturated rings. The fourth-order valence-corrected chi connectivity index (χ4v) is 5.32. The molecule has 2 aliphatic rings. The second-order valence-electron chi connectivity index (χ2n) is 9.27. The molecule has 5 nitrogen and oxygen atoms in total. The molecule has 4 aromatic rings. The third-order valence-corrected chi connectivity index (χ3v) is 7.50. The van der Waals surface area contributed by atoms with Gasteiger partial charge >= 0.3 is 0 Å². The van der Waals surface area contributed by atoms with Gasteiger partial charge < -0.3 is 14.0 Å². The fraction of sp³-hybridized carbons (Fsp3) is 0.296. The molecule has 3 heterocycles. The summed E-state index contributed by atoms with van der Waals surface area (Å²) in [6.07, 6.45) is 5.95. The van der Waals surface area contributed by atoms with Crippen LogP contribution in [0, 0.1) is 12.7 Å². The van der Waals surface area contributed by atoms with Gasteiger partial charge in [0.05, 0.1) is 28.9 Å². The molecule has 0 unspecified atom stereocenters. The Morgan fingerprint density at radius 2 is 2.03 bits per heavy atom. The molecule has 34 heavy (non-hydrogen) atoms. The normalized spacial score (nSPS) is 16.8. The summed E-state index contributed by atoms with van der Waals surface area (Å²) in [7, 11) is 1.64. The topological polar surface area (TPSA) is 39.5 Å². The van der Waals surface area contributed by atoms with Crippen molar-refractivity contribution in [2.45, 2.75) is 38.4 Å². The molecule has 1 aliphatic carbocycles. The fourth-order valence-electron chi connectivity index (χ4n) is 5.05. The van der Waals surface area contributed by atoms with Crippen LogP contribution in [0.2, 0.25) is 5.02 Å². The summed E-state index contributed by atoms with van der Waals surface area (Å²) in [6.45, 7) is 4.23. The molecule has 2 aromatic heterocycles. The van der Waals surface area contributed by atoms with Crippen LogP contribution >= 0.6 is 11.6 Å². The number of halogens is 2. The van der Waals surface area contributed by atoms with Crippen molar-refractivity contribution in [2.24, 2.45) is 0 Å². The van der Waals surface area contributed by atoms with Gasteiger partial charge in [0.2, 0.25) is 5.88 Å². The standard InChI is InChI=1S/C27H25ClFN3O2/c1-17-21-15-31(14-18-5-9-30-25(11-18)33-2)27(7-8-27)16-34-26(21)22(28)13-24(17)32-10-6-19-12-20(29)3-4-23(19)32/h3-6,9-13H,7-8,14-16H2,1-2H3. The van der Waals surface area contributed by atoms with E-state index in [-0.39, 0.29) is 11.4 Å². The lowest BCUT2D eigenvalue weighted by Crippen LogP contribution is -2.39. The third-order valence-electron chi connectivity index (χ3n) is 7.22. The molecule has 2 aromatic carbocycles. The Labute approximate surface area is 202 Å². The van der Waals surface area contributed by atoms with Crippen molar-refractivity contribution in [3.05, 3.63) is 82.4 Å². The number of ether oxygens (including phenoxy) is 2. The Balaban J connectivity index is 1.42. The first kappa shape index (κ1) is 21.4. The first-order chi connectivity index (χ1) is 16.5. The number of methoxy groups -OCH3 is 1. The van der Waals surface area contributed by atoms with Crippen LogP contribution in [-0.2, 0) is 13.1 Å². The summed E-state index contributed by atoms with van der Waals surface area (Å²) >= 11 is 6.80. The zero-order chi connectivity index (χ0) is 23.4. The summed E-state index contributed by atoms with van der Waals surface area (Å²) in [4.78, 5) is 6.75. The Kier molecular flexibility index (Phi) is 5.04. The number of hydrogen-bond donors (Lipinski definition) is 0. The van der Waals surface area contributed by atoms with Gasteiger partial charge in [0.25, 0.3) is 0 Å². The summed E-state index contributed by atoms with van der Waals surface area (Å²) in [5, 5.41) is 1.45. The monoisotopic (exact) mass is 477 g/mol. The molecule has 6 rings (SSSR count). The summed E-state index contributed by atoms with van der Waals surface area (Å²) in [5.74, 6) is 1.14. The van der Waals surface area contributed by atoms with Crippen LogP contribution in [-0.4, -0.2) is 33.7 Å². The number of aromatic nitrogens is 2. The van der Waals surface area contributed by atoms with E-state index < -0.39 is 0 Å². The third kappa shape index (κ3) is 3.53. The molecule has 1 saturated carbocycles. The number of hydrogen-bond acceptors (Lipinski definition) is 4. The minimum Gasteiger partial charge on any atom is -0.490 e. The van der Waals surface area contributed by atoms with Crippen LogP contribution in [0.15, 0.2) is 54.9 Å². The van der Waals surface area contributed by atoms with E-state index in [0.29, 0.717) is 17.5 Å². The molecule has 7 heteroatoms. The van der Waals surface area contributed by atoms with Crippen LogP contribution < -0.4 is 9.47 Å². The molecule has 0 N–H and O–H groups in total. The minimum atomic E-state index is -0.242. The van der Waals surface area contributed by atoms with Gasteiger partial charge in [-0.25, -0.2) is 9.37 Å². The van der Waals surface area contributed by atoms with Crippen molar-refractivity contribution >= 4 is 22.5 Å². The number of benzene rings is 2. The van der Waals surface area contributed by atoms with Crippen molar-refractivity contribution in [3.63, 3.8) is 0 Å². The zero-order valence-electron chi connectivity index (χ0n) is 19.1. The predicted octanol–water partition coefficient (Wildman–Crippen LogP) is 6.06. The lowest BCUT2D eigenvalue weighted by atomic mass is 10.0. The first-order valence-electron chi connectivity index (χ1n) is 11.4. The molecule has 0 atom stereocenters. The van der Waals surface area contributed by atoms with Gasteiger partial charge in [0.1, 0.15) is 18.2 Å². The van der Waals surface area contributed by atoms with Gasteiger partial charge in [0, 0.05) is 42.5 Å². The second kappa shape index (κ2) is 8.00. The predicted molar refractivity (Wildman–Crippen MR) is 130 cm³/mol. The average molecular weight is 478 g/mol. The van der Waals surface area contributed by atoms with E-state index in [0.717, 1.165) is 65.0 Å². The van der Waals surface area contributed by atoms with Crippen molar-refractivity contribution < 1.29 is 13.9 Å². The summed E-state index contributed by atoms with van der Waals surface area (Å²) < 4.78 is 27.5. The smallest absolute Gasteiger partial charge is 0.213 e. The quantitative estimate of drug-likeness (QED) is 0.358. The molecular weight excluding hydrogens is 453 g/mol. The summed E-state index contributed by atoms with van der Waals surface area (Å²) in [5.41, 5.74) is 5.29. The molecule has 0 bridgehead atoms. The van der Waals surface area contributed by atoms with Crippen molar-refractivity contribution in [2.75, 3.05) is 13.7 Å². The highest BCUT2D eigenvalue weighted by Crippen LogP contribution is 2.49. The first-order valence-corrected chi connectivity index (χ1v) is 11.8. The molecule has 1 spiro atoms. The largest absolute Gasteiger partial charge is 0.490 e. The van der Waals surface area contributed by atoms with Crippen LogP contribution in [0.1, 0.15) is 29.5 Å². The maximum absolute atomic E-state index is 13.7. The van der Waals surface area contributed by atoms with Crippen molar-refractivity contribution in [3.8, 4) is 17.3 Å². The van der Waals surface area contributed by atoms with Crippen molar-refractivity contribution in [1.29, 1.82) is 0 Å². The Bertz CT molecular complexity index is 1410. The molecular formula is C27H25ClFN3O2. The van der Waals surface area contributed by atoms with Gasteiger partial charge in [-0.2, -0.15) is 0 Å². The molecule has 0 radical (unpaired) electrons. The lowest BCUT2D eigenvalue weighted by molar-refractivity contribution is 0.119. The molecule has 0 amide bonds. The van der Waals surface area contributed by atoms with Gasteiger partial charge in [0.15, 0.2) is 0 Å². The second-order valence-corrected chi connectivity index (χ2v) is 9.68. The highest BCUT2D eigenvalue weighted by atomic mass is 35.5.